The van der Waals surface area contributed by atoms with Crippen molar-refractivity contribution in [2.24, 2.45) is 5.92 Å². The summed E-state index contributed by atoms with van der Waals surface area (Å²) in [5.74, 6) is 0.566. The highest BCUT2D eigenvalue weighted by atomic mass is 28.3. The zero-order chi connectivity index (χ0) is 37.6. The summed E-state index contributed by atoms with van der Waals surface area (Å²) >= 11 is 0. The van der Waals surface area contributed by atoms with Crippen LogP contribution < -0.4 is 20.4 Å². The summed E-state index contributed by atoms with van der Waals surface area (Å²) in [6, 6.07) is 31.4. The lowest BCUT2D eigenvalue weighted by molar-refractivity contribution is -0.146. The van der Waals surface area contributed by atoms with Crippen LogP contribution in [0.15, 0.2) is 114 Å². The van der Waals surface area contributed by atoms with Crippen LogP contribution in [0.5, 0.6) is 5.75 Å². The molecule has 12 heteroatoms. The molecule has 1 spiro atoms. The highest BCUT2D eigenvalue weighted by Crippen LogP contribution is 2.60. The molecule has 1 amide bonds. The molecule has 2 aromatic heterocycles. The first kappa shape index (κ1) is 35.6. The van der Waals surface area contributed by atoms with Gasteiger partial charge in [-0.25, -0.2) is 0 Å². The van der Waals surface area contributed by atoms with Gasteiger partial charge in [-0.3, -0.25) is 14.3 Å². The molecule has 2 aliphatic heterocycles. The van der Waals surface area contributed by atoms with E-state index in [1.54, 1.807) is 13.3 Å². The number of hydrogen-bond acceptors (Lipinski definition) is 8. The summed E-state index contributed by atoms with van der Waals surface area (Å²) in [7, 11) is -0.661. The first-order chi connectivity index (χ1) is 26.1. The Hall–Kier alpha value is -5.43. The highest BCUT2D eigenvalue weighted by molar-refractivity contribution is 6.91. The summed E-state index contributed by atoms with van der Waals surface area (Å²) < 4.78 is 16.0. The molecule has 1 fully saturated rings. The standard InChI is InChI=1S/C42H44N6O5Si/c1-28-39(54(3,4)34-18-16-33(52-2)17-19-34)38(20-22-46-27-31(21-23-49)44-45-46)53-42(28)36-14-7-8-15-37(36)47(41(42)51)26-29-10-9-12-32(24-29)48-40(50)35-13-6-5-11-30(35)25-43-48/h5-19,24-25,27-28,38-39,49H,20-23,26H2,1-4H3/t28-,38+,39-,42+/m1/s1. The van der Waals surface area contributed by atoms with Gasteiger partial charge >= 0.3 is 0 Å². The Morgan fingerprint density at radius 1 is 0.963 bits per heavy atom. The summed E-state index contributed by atoms with van der Waals surface area (Å²) in [5.41, 5.74) is 2.62. The Kier molecular flexibility index (Phi) is 9.28. The van der Waals surface area contributed by atoms with Crippen LogP contribution in [-0.4, -0.2) is 63.7 Å². The molecular weight excluding hydrogens is 697 g/mol. The molecule has 0 aliphatic carbocycles. The molecule has 1 N–H and O–H groups in total. The molecule has 4 aromatic carbocycles. The number of aryl methyl sites for hydroxylation is 1. The summed E-state index contributed by atoms with van der Waals surface area (Å²) in [6.45, 7) is 7.80. The summed E-state index contributed by atoms with van der Waals surface area (Å²) in [4.78, 5) is 30.5. The van der Waals surface area contributed by atoms with Gasteiger partial charge in [0.1, 0.15) is 5.75 Å². The van der Waals surface area contributed by atoms with E-state index in [-0.39, 0.29) is 35.6 Å². The van der Waals surface area contributed by atoms with E-state index >= 15 is 4.79 Å². The van der Waals surface area contributed by atoms with E-state index < -0.39 is 13.7 Å². The fourth-order valence-electron chi connectivity index (χ4n) is 8.87. The van der Waals surface area contributed by atoms with Crippen molar-refractivity contribution in [3.05, 3.63) is 137 Å². The van der Waals surface area contributed by atoms with Gasteiger partial charge < -0.3 is 19.5 Å². The second kappa shape index (κ2) is 14.1. The van der Waals surface area contributed by atoms with Gasteiger partial charge in [-0.15, -0.1) is 5.10 Å². The predicted molar refractivity (Wildman–Crippen MR) is 210 cm³/mol. The van der Waals surface area contributed by atoms with Crippen LogP contribution in [0, 0.1) is 5.92 Å². The van der Waals surface area contributed by atoms with Crippen molar-refractivity contribution in [3.63, 3.8) is 0 Å². The van der Waals surface area contributed by atoms with Crippen molar-refractivity contribution in [3.8, 4) is 11.4 Å². The van der Waals surface area contributed by atoms with E-state index in [1.165, 1.54) is 9.87 Å². The molecule has 276 valence electrons. The molecule has 0 radical (unpaired) electrons. The monoisotopic (exact) mass is 740 g/mol. The molecule has 2 aliphatic rings. The zero-order valence-electron chi connectivity index (χ0n) is 30.9. The number of fused-ring (bicyclic) bond motifs is 3. The molecule has 11 nitrogen and oxygen atoms in total. The maximum atomic E-state index is 15.2. The van der Waals surface area contributed by atoms with Crippen molar-refractivity contribution in [2.75, 3.05) is 18.6 Å². The summed E-state index contributed by atoms with van der Waals surface area (Å²) in [6.07, 6.45) is 4.40. The number of carbonyl (C=O) groups excluding carboxylic acids is 1. The topological polar surface area (TPSA) is 125 Å². The number of anilines is 1. The number of methoxy groups -OCH3 is 1. The van der Waals surface area contributed by atoms with Crippen molar-refractivity contribution in [1.29, 1.82) is 0 Å². The van der Waals surface area contributed by atoms with Crippen LogP contribution in [0.1, 0.15) is 30.2 Å². The number of para-hydroxylation sites is 1. The Bertz CT molecular complexity index is 2390. The van der Waals surface area contributed by atoms with Crippen molar-refractivity contribution in [1.82, 2.24) is 24.8 Å². The SMILES string of the molecule is COc1ccc([Si](C)(C)[C@H]2[C@H](CCn3cc(CCO)nn3)O[C@@]3(C(=O)N(Cc4cccc(-n5ncc6ccccc6c5=O)c4)c4ccccc43)[C@@H]2C)cc1. The Morgan fingerprint density at radius 3 is 2.54 bits per heavy atom. The third-order valence-electron chi connectivity index (χ3n) is 11.5. The average Bonchev–Trinajstić information content (AvgIpc) is 3.84. The molecule has 8 rings (SSSR count). The molecular formula is C42H44N6O5Si. The average molecular weight is 741 g/mol. The fraction of sp³-hybridized carbons (Fsp3) is 0.310. The number of carbonyl (C=O) groups is 1. The minimum atomic E-state index is -2.33. The van der Waals surface area contributed by atoms with E-state index in [4.69, 9.17) is 9.47 Å². The first-order valence-corrected chi connectivity index (χ1v) is 21.5. The predicted octanol–water partition coefficient (Wildman–Crippen LogP) is 5.37. The fourth-order valence-corrected chi connectivity index (χ4v) is 12.9. The lowest BCUT2D eigenvalue weighted by atomic mass is 9.82. The molecule has 54 heavy (non-hydrogen) atoms. The minimum Gasteiger partial charge on any atom is -0.497 e. The molecule has 4 heterocycles. The van der Waals surface area contributed by atoms with Crippen LogP contribution in [-0.2, 0) is 34.6 Å². The molecule has 4 atom stereocenters. The van der Waals surface area contributed by atoms with Crippen LogP contribution in [0.25, 0.3) is 16.5 Å². The molecule has 0 bridgehead atoms. The second-order valence-corrected chi connectivity index (χ2v) is 19.6. The molecule has 1 saturated heterocycles. The van der Waals surface area contributed by atoms with Crippen LogP contribution in [0.2, 0.25) is 18.6 Å². The van der Waals surface area contributed by atoms with Gasteiger partial charge in [-0.2, -0.15) is 9.78 Å². The lowest BCUT2D eigenvalue weighted by Crippen LogP contribution is -2.51. The number of aliphatic hydroxyl groups is 1. The number of hydrogen-bond donors (Lipinski definition) is 1. The Labute approximate surface area is 314 Å². The van der Waals surface area contributed by atoms with Crippen molar-refractivity contribution >= 4 is 35.6 Å². The van der Waals surface area contributed by atoms with E-state index in [2.05, 4.69) is 47.6 Å². The maximum Gasteiger partial charge on any atom is 0.279 e. The van der Waals surface area contributed by atoms with Crippen LogP contribution in [0.4, 0.5) is 5.69 Å². The smallest absolute Gasteiger partial charge is 0.279 e. The second-order valence-electron chi connectivity index (χ2n) is 14.9. The first-order valence-electron chi connectivity index (χ1n) is 18.5. The van der Waals surface area contributed by atoms with Crippen molar-refractivity contribution < 1.29 is 19.4 Å². The quantitative estimate of drug-likeness (QED) is 0.176. The van der Waals surface area contributed by atoms with Gasteiger partial charge in [-0.1, -0.05) is 91.1 Å². The van der Waals surface area contributed by atoms with E-state index in [0.29, 0.717) is 37.0 Å². The zero-order valence-corrected chi connectivity index (χ0v) is 31.9. The number of nitrogens with zero attached hydrogens (tertiary/aromatic N) is 6. The van der Waals surface area contributed by atoms with Gasteiger partial charge in [0.15, 0.2) is 5.60 Å². The van der Waals surface area contributed by atoms with Crippen LogP contribution >= 0.6 is 0 Å². The number of aromatic nitrogens is 5. The third kappa shape index (κ3) is 5.94. The van der Waals surface area contributed by atoms with Crippen molar-refractivity contribution in [2.45, 2.75) is 63.2 Å². The maximum absolute atomic E-state index is 15.2. The van der Waals surface area contributed by atoms with E-state index in [1.807, 2.05) is 101 Å². The normalized spacial score (nSPS) is 20.9. The number of ether oxygens (including phenoxy) is 2. The number of aliphatic hydroxyl groups excluding tert-OH is 1. The largest absolute Gasteiger partial charge is 0.497 e. The van der Waals surface area contributed by atoms with Gasteiger partial charge in [0.05, 0.1) is 56.5 Å². The van der Waals surface area contributed by atoms with E-state index in [9.17, 15) is 9.90 Å². The molecule has 0 saturated carbocycles. The van der Waals surface area contributed by atoms with Gasteiger partial charge in [-0.05, 0) is 53.9 Å². The van der Waals surface area contributed by atoms with E-state index in [0.717, 1.165) is 33.6 Å². The highest BCUT2D eigenvalue weighted by Gasteiger charge is 2.66. The Balaban J connectivity index is 1.15. The minimum absolute atomic E-state index is 0.00927. The third-order valence-corrected chi connectivity index (χ3v) is 15.9. The number of amides is 1. The number of benzene rings is 4. The molecule has 6 aromatic rings. The van der Waals surface area contributed by atoms with Gasteiger partial charge in [0.25, 0.3) is 11.5 Å². The van der Waals surface area contributed by atoms with Gasteiger partial charge in [0.2, 0.25) is 0 Å². The summed E-state index contributed by atoms with van der Waals surface area (Å²) in [5, 5.41) is 25.1. The van der Waals surface area contributed by atoms with Crippen LogP contribution in [0.3, 0.4) is 0 Å². The molecule has 0 unspecified atom stereocenters. The number of rotatable bonds is 11. The Morgan fingerprint density at radius 2 is 1.74 bits per heavy atom. The van der Waals surface area contributed by atoms with Gasteiger partial charge in [0, 0.05) is 42.6 Å². The lowest BCUT2D eigenvalue weighted by Gasteiger charge is -2.37.